The van der Waals surface area contributed by atoms with Gasteiger partial charge in [0.2, 0.25) is 0 Å². The number of anilines is 1. The van der Waals surface area contributed by atoms with Gasteiger partial charge in [-0.05, 0) is 55.6 Å². The number of sulfonamides is 1. The summed E-state index contributed by atoms with van der Waals surface area (Å²) < 4.78 is 34.4. The fourth-order valence-electron chi connectivity index (χ4n) is 3.54. The summed E-state index contributed by atoms with van der Waals surface area (Å²) in [4.78, 5) is 3.40. The van der Waals surface area contributed by atoms with Crippen LogP contribution in [0, 0.1) is 0 Å². The zero-order chi connectivity index (χ0) is 21.1. The first-order valence-electron chi connectivity index (χ1n) is 10.0. The molecule has 0 amide bonds. The summed E-state index contributed by atoms with van der Waals surface area (Å²) in [6.45, 7) is 1.99. The van der Waals surface area contributed by atoms with Crippen LogP contribution in [0.1, 0.15) is 6.42 Å². The smallest absolute Gasteiger partial charge is 0.264 e. The second kappa shape index (κ2) is 8.88. The molecule has 0 saturated carbocycles. The van der Waals surface area contributed by atoms with Crippen molar-refractivity contribution in [3.63, 3.8) is 0 Å². The van der Waals surface area contributed by atoms with Gasteiger partial charge in [-0.15, -0.1) is 11.8 Å². The lowest BCUT2D eigenvalue weighted by molar-refractivity contribution is 0.281. The highest BCUT2D eigenvalue weighted by Gasteiger charge is 2.30. The molecule has 5 nitrogen and oxygen atoms in total. The summed E-state index contributed by atoms with van der Waals surface area (Å²) in [7, 11) is 0.404. The highest BCUT2D eigenvalue weighted by molar-refractivity contribution is 8.00. The first-order valence-corrected chi connectivity index (χ1v) is 12.4. The highest BCUT2D eigenvalue weighted by Crippen LogP contribution is 2.40. The van der Waals surface area contributed by atoms with Crippen LogP contribution >= 0.6 is 11.8 Å². The van der Waals surface area contributed by atoms with E-state index in [4.69, 9.17) is 4.74 Å². The Morgan fingerprint density at radius 1 is 1.03 bits per heavy atom. The summed E-state index contributed by atoms with van der Waals surface area (Å²) in [5, 5.41) is 1.95. The van der Waals surface area contributed by atoms with E-state index in [1.807, 2.05) is 62.6 Å². The van der Waals surface area contributed by atoms with Crippen LogP contribution in [0.2, 0.25) is 0 Å². The molecule has 0 saturated heterocycles. The molecule has 1 aliphatic heterocycles. The second-order valence-electron chi connectivity index (χ2n) is 7.57. The van der Waals surface area contributed by atoms with E-state index in [2.05, 4.69) is 4.90 Å². The Hall–Kier alpha value is -2.22. The van der Waals surface area contributed by atoms with Gasteiger partial charge in [-0.1, -0.05) is 30.3 Å². The molecule has 0 N–H and O–H groups in total. The SMILES string of the molecule is CN(C)CCCOc1ccc2c(c1)N(S(=O)(=O)c1ccc3ccccc3c1)CCS2. The van der Waals surface area contributed by atoms with Gasteiger partial charge in [-0.2, -0.15) is 0 Å². The lowest BCUT2D eigenvalue weighted by Crippen LogP contribution is -2.35. The Bertz CT molecular complexity index is 1150. The largest absolute Gasteiger partial charge is 0.493 e. The van der Waals surface area contributed by atoms with Gasteiger partial charge in [-0.25, -0.2) is 8.42 Å². The van der Waals surface area contributed by atoms with Gasteiger partial charge in [0.1, 0.15) is 5.75 Å². The second-order valence-corrected chi connectivity index (χ2v) is 10.6. The van der Waals surface area contributed by atoms with Gasteiger partial charge < -0.3 is 9.64 Å². The number of fused-ring (bicyclic) bond motifs is 2. The van der Waals surface area contributed by atoms with Crippen molar-refractivity contribution in [3.8, 4) is 5.75 Å². The van der Waals surface area contributed by atoms with E-state index in [0.717, 1.165) is 34.4 Å². The Kier molecular flexibility index (Phi) is 6.22. The maximum absolute atomic E-state index is 13.5. The monoisotopic (exact) mass is 442 g/mol. The molecule has 30 heavy (non-hydrogen) atoms. The number of nitrogens with zero attached hydrogens (tertiary/aromatic N) is 2. The molecule has 4 rings (SSSR count). The number of hydrogen-bond donors (Lipinski definition) is 0. The number of benzene rings is 3. The van der Waals surface area contributed by atoms with E-state index in [9.17, 15) is 8.42 Å². The molecule has 0 spiro atoms. The van der Waals surface area contributed by atoms with E-state index in [-0.39, 0.29) is 0 Å². The fourth-order valence-corrected chi connectivity index (χ4v) is 6.20. The van der Waals surface area contributed by atoms with Crippen LogP contribution in [-0.2, 0) is 10.0 Å². The summed E-state index contributed by atoms with van der Waals surface area (Å²) in [5.41, 5.74) is 0.699. The van der Waals surface area contributed by atoms with E-state index >= 15 is 0 Å². The molecular formula is C23H26N2O3S2. The first-order chi connectivity index (χ1) is 14.4. The third kappa shape index (κ3) is 4.43. The predicted molar refractivity (Wildman–Crippen MR) is 124 cm³/mol. The molecule has 1 heterocycles. The molecule has 0 radical (unpaired) electrons. The van der Waals surface area contributed by atoms with Crippen molar-refractivity contribution in [2.24, 2.45) is 0 Å². The van der Waals surface area contributed by atoms with E-state index in [0.29, 0.717) is 29.5 Å². The van der Waals surface area contributed by atoms with E-state index in [1.165, 1.54) is 4.31 Å². The van der Waals surface area contributed by atoms with Crippen LogP contribution in [0.25, 0.3) is 10.8 Å². The van der Waals surface area contributed by atoms with Crippen molar-refractivity contribution in [1.29, 1.82) is 0 Å². The van der Waals surface area contributed by atoms with Crippen molar-refractivity contribution in [2.45, 2.75) is 16.2 Å². The Labute approximate surface area is 182 Å². The van der Waals surface area contributed by atoms with Crippen LogP contribution in [0.4, 0.5) is 5.69 Å². The summed E-state index contributed by atoms with van der Waals surface area (Å²) >= 11 is 1.68. The molecule has 0 bridgehead atoms. The van der Waals surface area contributed by atoms with Crippen molar-refractivity contribution in [3.05, 3.63) is 60.7 Å². The van der Waals surface area contributed by atoms with Crippen molar-refractivity contribution < 1.29 is 13.2 Å². The minimum Gasteiger partial charge on any atom is -0.493 e. The molecule has 0 aliphatic carbocycles. The molecule has 0 fully saturated rings. The average Bonchev–Trinajstić information content (AvgIpc) is 2.75. The molecule has 1 aliphatic rings. The number of rotatable bonds is 7. The van der Waals surface area contributed by atoms with Gasteiger partial charge >= 0.3 is 0 Å². The average molecular weight is 443 g/mol. The zero-order valence-electron chi connectivity index (χ0n) is 17.2. The summed E-state index contributed by atoms with van der Waals surface area (Å²) in [6.07, 6.45) is 0.915. The summed E-state index contributed by atoms with van der Waals surface area (Å²) in [6, 6.07) is 18.9. The fraction of sp³-hybridized carbons (Fsp3) is 0.304. The van der Waals surface area contributed by atoms with Crippen molar-refractivity contribution in [1.82, 2.24) is 4.90 Å². The van der Waals surface area contributed by atoms with Gasteiger partial charge in [0.25, 0.3) is 10.0 Å². The highest BCUT2D eigenvalue weighted by atomic mass is 32.2. The molecule has 0 aromatic heterocycles. The Morgan fingerprint density at radius 2 is 1.83 bits per heavy atom. The van der Waals surface area contributed by atoms with Crippen LogP contribution in [0.15, 0.2) is 70.5 Å². The number of hydrogen-bond acceptors (Lipinski definition) is 5. The van der Waals surface area contributed by atoms with Crippen LogP contribution in [-0.4, -0.2) is 52.9 Å². The van der Waals surface area contributed by atoms with E-state index < -0.39 is 10.0 Å². The van der Waals surface area contributed by atoms with Crippen LogP contribution in [0.5, 0.6) is 5.75 Å². The van der Waals surface area contributed by atoms with Crippen LogP contribution < -0.4 is 9.04 Å². The van der Waals surface area contributed by atoms with Crippen molar-refractivity contribution >= 4 is 38.2 Å². The molecule has 158 valence electrons. The molecule has 0 atom stereocenters. The molecule has 0 unspecified atom stereocenters. The Balaban J connectivity index is 1.62. The lowest BCUT2D eigenvalue weighted by Gasteiger charge is -2.30. The topological polar surface area (TPSA) is 49.9 Å². The minimum absolute atomic E-state index is 0.316. The van der Waals surface area contributed by atoms with Crippen molar-refractivity contribution in [2.75, 3.05) is 43.8 Å². The standard InChI is InChI=1S/C23H26N2O3S2/c1-24(2)12-5-14-28-20-9-11-23-22(17-20)25(13-15-29-23)30(26,27)21-10-8-18-6-3-4-7-19(18)16-21/h3-4,6-11,16-17H,5,12-15H2,1-2H3. The molecular weight excluding hydrogens is 416 g/mol. The van der Waals surface area contributed by atoms with Gasteiger partial charge in [0.15, 0.2) is 0 Å². The predicted octanol–water partition coefficient (Wildman–Crippen LogP) is 4.47. The molecule has 7 heteroatoms. The van der Waals surface area contributed by atoms with Gasteiger partial charge in [0, 0.05) is 29.8 Å². The zero-order valence-corrected chi connectivity index (χ0v) is 18.9. The first kappa shape index (κ1) is 21.0. The Morgan fingerprint density at radius 3 is 2.63 bits per heavy atom. The third-order valence-corrected chi connectivity index (χ3v) is 7.93. The van der Waals surface area contributed by atoms with Gasteiger partial charge in [0.05, 0.1) is 17.2 Å². The third-order valence-electron chi connectivity index (χ3n) is 5.08. The lowest BCUT2D eigenvalue weighted by atomic mass is 10.1. The maximum atomic E-state index is 13.5. The number of thioether (sulfide) groups is 1. The van der Waals surface area contributed by atoms with Crippen LogP contribution in [0.3, 0.4) is 0 Å². The molecule has 3 aromatic rings. The summed E-state index contributed by atoms with van der Waals surface area (Å²) in [5.74, 6) is 1.43. The number of ether oxygens (including phenoxy) is 1. The molecule has 3 aromatic carbocycles. The van der Waals surface area contributed by atoms with Gasteiger partial charge in [-0.3, -0.25) is 4.31 Å². The quantitative estimate of drug-likeness (QED) is 0.505. The maximum Gasteiger partial charge on any atom is 0.264 e. The van der Waals surface area contributed by atoms with E-state index in [1.54, 1.807) is 23.9 Å². The normalized spacial score (nSPS) is 14.2. The minimum atomic E-state index is -3.66.